The zero-order chi connectivity index (χ0) is 19.2. The maximum Gasteiger partial charge on any atom is 0.265 e. The Morgan fingerprint density at radius 2 is 2.00 bits per heavy atom. The van der Waals surface area contributed by atoms with E-state index in [-0.39, 0.29) is 21.4 Å². The fraction of sp³-hybridized carbons (Fsp3) is 0.211. The third-order valence-corrected chi connectivity index (χ3v) is 6.99. The predicted octanol–water partition coefficient (Wildman–Crippen LogP) is 3.39. The molecule has 1 saturated heterocycles. The van der Waals surface area contributed by atoms with Gasteiger partial charge in [0.2, 0.25) is 9.84 Å². The highest BCUT2D eigenvalue weighted by Gasteiger charge is 2.41. The number of hydrogen-bond donors (Lipinski definition) is 1. The van der Waals surface area contributed by atoms with Gasteiger partial charge in [0, 0.05) is 23.8 Å². The van der Waals surface area contributed by atoms with Crippen molar-refractivity contribution in [1.29, 1.82) is 0 Å². The van der Waals surface area contributed by atoms with Crippen molar-refractivity contribution in [3.05, 3.63) is 69.5 Å². The molecule has 1 amide bonds. The molecule has 8 heteroatoms. The molecule has 2 aliphatic rings. The number of rotatable bonds is 3. The Hall–Kier alpha value is -2.38. The molecule has 1 fully saturated rings. The average Bonchev–Trinajstić information content (AvgIpc) is 3.10. The van der Waals surface area contributed by atoms with Gasteiger partial charge in [-0.15, -0.1) is 0 Å². The van der Waals surface area contributed by atoms with Crippen molar-refractivity contribution in [2.24, 2.45) is 0 Å². The molecule has 0 saturated carbocycles. The summed E-state index contributed by atoms with van der Waals surface area (Å²) in [4.78, 5) is 14.7. The van der Waals surface area contributed by atoms with Gasteiger partial charge in [-0.1, -0.05) is 29.8 Å². The largest absolute Gasteiger partial charge is 0.347 e. The maximum atomic E-state index is 13.2. The summed E-state index contributed by atoms with van der Waals surface area (Å²) in [5.74, 6) is -1.15. The number of carbonyl (C=O) groups excluding carboxylic acids is 1. The second-order valence-electron chi connectivity index (χ2n) is 6.42. The van der Waals surface area contributed by atoms with Gasteiger partial charge in [0.1, 0.15) is 5.82 Å². The molecular weight excluding hydrogens is 391 g/mol. The molecular formula is C19H16ClFN2O3S. The lowest BCUT2D eigenvalue weighted by atomic mass is 10.2. The Kier molecular flexibility index (Phi) is 4.44. The molecule has 0 atom stereocenters. The molecule has 0 aromatic heterocycles. The fourth-order valence-electron chi connectivity index (χ4n) is 3.52. The minimum absolute atomic E-state index is 0.00585. The van der Waals surface area contributed by atoms with Crippen LogP contribution in [0, 0.1) is 5.82 Å². The van der Waals surface area contributed by atoms with Crippen LogP contribution in [-0.4, -0.2) is 20.9 Å². The second kappa shape index (κ2) is 6.65. The van der Waals surface area contributed by atoms with Crippen molar-refractivity contribution < 1.29 is 17.6 Å². The molecule has 0 aliphatic carbocycles. The number of allylic oxidation sites excluding steroid dienone is 1. The van der Waals surface area contributed by atoms with E-state index in [1.165, 1.54) is 18.2 Å². The summed E-state index contributed by atoms with van der Waals surface area (Å²) >= 11 is 5.98. The number of carbonyl (C=O) groups is 1. The van der Waals surface area contributed by atoms with Gasteiger partial charge in [0.25, 0.3) is 5.91 Å². The normalized spacial score (nSPS) is 17.5. The van der Waals surface area contributed by atoms with Crippen molar-refractivity contribution in [1.82, 2.24) is 5.32 Å². The van der Waals surface area contributed by atoms with Crippen molar-refractivity contribution in [2.75, 3.05) is 11.4 Å². The summed E-state index contributed by atoms with van der Waals surface area (Å²) in [6.45, 7) is 0.675. The van der Waals surface area contributed by atoms with E-state index in [1.807, 2.05) is 4.90 Å². The van der Waals surface area contributed by atoms with Crippen LogP contribution in [0.5, 0.6) is 0 Å². The molecule has 27 heavy (non-hydrogen) atoms. The van der Waals surface area contributed by atoms with Crippen molar-refractivity contribution >= 4 is 33.0 Å². The Balaban J connectivity index is 1.68. The van der Waals surface area contributed by atoms with E-state index in [9.17, 15) is 17.6 Å². The number of anilines is 1. The van der Waals surface area contributed by atoms with E-state index < -0.39 is 21.6 Å². The summed E-state index contributed by atoms with van der Waals surface area (Å²) in [5.41, 5.74) is 1.65. The van der Waals surface area contributed by atoms with Crippen LogP contribution in [0.25, 0.3) is 0 Å². The quantitative estimate of drug-likeness (QED) is 0.848. The lowest BCUT2D eigenvalue weighted by Gasteiger charge is -2.29. The molecule has 0 spiro atoms. The Bertz CT molecular complexity index is 1080. The van der Waals surface area contributed by atoms with Gasteiger partial charge in [-0.25, -0.2) is 12.8 Å². The number of fused-ring (bicyclic) bond motifs is 3. The Morgan fingerprint density at radius 1 is 1.22 bits per heavy atom. The SMILES string of the molecule is O=C(NCc1ccc(F)cc1Cl)C1=C2CCCN2c2ccccc2S1(=O)=O. The van der Waals surface area contributed by atoms with Crippen LogP contribution in [0.15, 0.2) is 58.0 Å². The number of para-hydroxylation sites is 1. The van der Waals surface area contributed by atoms with Gasteiger partial charge in [-0.05, 0) is 42.7 Å². The number of nitrogens with one attached hydrogen (secondary N) is 1. The second-order valence-corrected chi connectivity index (χ2v) is 8.68. The zero-order valence-electron chi connectivity index (χ0n) is 14.2. The van der Waals surface area contributed by atoms with Gasteiger partial charge < -0.3 is 10.2 Å². The van der Waals surface area contributed by atoms with Gasteiger partial charge >= 0.3 is 0 Å². The first-order valence-corrected chi connectivity index (χ1v) is 10.3. The van der Waals surface area contributed by atoms with Gasteiger partial charge in [-0.2, -0.15) is 0 Å². The summed E-state index contributed by atoms with van der Waals surface area (Å²) in [6, 6.07) is 10.5. The monoisotopic (exact) mass is 406 g/mol. The number of nitrogens with zero attached hydrogens (tertiary/aromatic N) is 1. The highest BCUT2D eigenvalue weighted by Crippen LogP contribution is 2.43. The van der Waals surface area contributed by atoms with Crippen LogP contribution in [0.2, 0.25) is 5.02 Å². The summed E-state index contributed by atoms with van der Waals surface area (Å²) in [5, 5.41) is 2.79. The topological polar surface area (TPSA) is 66.5 Å². The third kappa shape index (κ3) is 3.00. The summed E-state index contributed by atoms with van der Waals surface area (Å²) in [6.07, 6.45) is 1.30. The van der Waals surface area contributed by atoms with Crippen molar-refractivity contribution in [3.63, 3.8) is 0 Å². The molecule has 140 valence electrons. The zero-order valence-corrected chi connectivity index (χ0v) is 15.8. The van der Waals surface area contributed by atoms with Crippen LogP contribution in [0.1, 0.15) is 18.4 Å². The first kappa shape index (κ1) is 18.0. The van der Waals surface area contributed by atoms with Gasteiger partial charge in [0.15, 0.2) is 4.91 Å². The van der Waals surface area contributed by atoms with E-state index in [0.29, 0.717) is 29.9 Å². The minimum atomic E-state index is -3.92. The number of hydrogen-bond acceptors (Lipinski definition) is 4. The fourth-order valence-corrected chi connectivity index (χ4v) is 5.53. The lowest BCUT2D eigenvalue weighted by molar-refractivity contribution is -0.117. The van der Waals surface area contributed by atoms with E-state index >= 15 is 0 Å². The van der Waals surface area contributed by atoms with Crippen LogP contribution < -0.4 is 10.2 Å². The lowest BCUT2D eigenvalue weighted by Crippen LogP contribution is -2.35. The molecule has 0 radical (unpaired) electrons. The Morgan fingerprint density at radius 3 is 2.78 bits per heavy atom. The third-order valence-electron chi connectivity index (χ3n) is 4.76. The summed E-state index contributed by atoms with van der Waals surface area (Å²) < 4.78 is 39.3. The number of sulfone groups is 1. The van der Waals surface area contributed by atoms with Crippen LogP contribution in [0.3, 0.4) is 0 Å². The highest BCUT2D eigenvalue weighted by atomic mass is 35.5. The molecule has 0 unspecified atom stereocenters. The number of halogens is 2. The molecule has 2 aromatic rings. The van der Waals surface area contributed by atoms with E-state index in [4.69, 9.17) is 11.6 Å². The van der Waals surface area contributed by atoms with Gasteiger partial charge in [-0.3, -0.25) is 4.79 Å². The van der Waals surface area contributed by atoms with E-state index in [2.05, 4.69) is 5.32 Å². The minimum Gasteiger partial charge on any atom is -0.347 e. The molecule has 2 aliphatic heterocycles. The highest BCUT2D eigenvalue weighted by molar-refractivity contribution is 7.96. The average molecular weight is 407 g/mol. The number of amides is 1. The molecule has 1 N–H and O–H groups in total. The first-order valence-electron chi connectivity index (χ1n) is 8.46. The molecule has 0 bridgehead atoms. The Labute approximate surface area is 161 Å². The van der Waals surface area contributed by atoms with Crippen LogP contribution in [-0.2, 0) is 21.2 Å². The standard InChI is InChI=1S/C19H16ClFN2O3S/c20-14-10-13(21)8-7-12(14)11-22-19(24)18-16-5-3-9-23(16)15-4-1-2-6-17(15)27(18,25)26/h1-2,4,6-8,10H,3,5,9,11H2,(H,22,24). The molecule has 2 heterocycles. The smallest absolute Gasteiger partial charge is 0.265 e. The molecule has 5 nitrogen and oxygen atoms in total. The van der Waals surface area contributed by atoms with Crippen LogP contribution >= 0.6 is 11.6 Å². The number of benzene rings is 2. The van der Waals surface area contributed by atoms with Crippen molar-refractivity contribution in [2.45, 2.75) is 24.3 Å². The summed E-state index contributed by atoms with van der Waals surface area (Å²) in [7, 11) is -3.92. The van der Waals surface area contributed by atoms with E-state index in [1.54, 1.807) is 18.2 Å². The molecule has 2 aromatic carbocycles. The van der Waals surface area contributed by atoms with Crippen LogP contribution in [0.4, 0.5) is 10.1 Å². The van der Waals surface area contributed by atoms with E-state index in [0.717, 1.165) is 12.5 Å². The first-order chi connectivity index (χ1) is 12.9. The maximum absolute atomic E-state index is 13.2. The predicted molar refractivity (Wildman–Crippen MR) is 100 cm³/mol. The van der Waals surface area contributed by atoms with Gasteiger partial charge in [0.05, 0.1) is 10.6 Å². The molecule has 4 rings (SSSR count). The van der Waals surface area contributed by atoms with Crippen molar-refractivity contribution in [3.8, 4) is 0 Å².